The highest BCUT2D eigenvalue weighted by molar-refractivity contribution is 6.35. The lowest BCUT2D eigenvalue weighted by Crippen LogP contribution is -2.49. The number of hydrogen-bond acceptors (Lipinski definition) is 4. The summed E-state index contributed by atoms with van der Waals surface area (Å²) in [7, 11) is 0. The molecule has 5 nitrogen and oxygen atoms in total. The third kappa shape index (κ3) is 5.60. The van der Waals surface area contributed by atoms with Gasteiger partial charge in [0.15, 0.2) is 0 Å². The van der Waals surface area contributed by atoms with Crippen LogP contribution in [0.3, 0.4) is 0 Å². The highest BCUT2D eigenvalue weighted by atomic mass is 35.5. The van der Waals surface area contributed by atoms with Gasteiger partial charge in [0.05, 0.1) is 0 Å². The van der Waals surface area contributed by atoms with E-state index in [-0.39, 0.29) is 5.91 Å². The Labute approximate surface area is 209 Å². The first-order valence-corrected chi connectivity index (χ1v) is 12.1. The summed E-state index contributed by atoms with van der Waals surface area (Å²) < 4.78 is 0. The smallest absolute Gasteiger partial charge is 0.254 e. The van der Waals surface area contributed by atoms with Gasteiger partial charge >= 0.3 is 0 Å². The van der Waals surface area contributed by atoms with Crippen LogP contribution in [0.1, 0.15) is 39.9 Å². The Morgan fingerprint density at radius 1 is 0.909 bits per heavy atom. The summed E-state index contributed by atoms with van der Waals surface area (Å²) in [5.74, 6) is 1.65. The number of anilines is 1. The molecule has 1 aliphatic heterocycles. The van der Waals surface area contributed by atoms with Crippen molar-refractivity contribution in [3.05, 3.63) is 85.7 Å². The fourth-order valence-electron chi connectivity index (χ4n) is 4.16. The highest BCUT2D eigenvalue weighted by Crippen LogP contribution is 2.27. The van der Waals surface area contributed by atoms with Crippen LogP contribution in [0.15, 0.2) is 42.5 Å². The van der Waals surface area contributed by atoms with Crippen LogP contribution in [0.5, 0.6) is 0 Å². The van der Waals surface area contributed by atoms with Crippen LogP contribution in [-0.4, -0.2) is 47.0 Å². The highest BCUT2D eigenvalue weighted by Gasteiger charge is 2.26. The maximum atomic E-state index is 13.0. The van der Waals surface area contributed by atoms with Gasteiger partial charge in [0.1, 0.15) is 11.6 Å². The second-order valence-electron chi connectivity index (χ2n) is 8.11. The van der Waals surface area contributed by atoms with Crippen LogP contribution < -0.4 is 4.90 Å². The van der Waals surface area contributed by atoms with E-state index in [4.69, 9.17) is 44.8 Å². The molecule has 1 aliphatic rings. The summed E-state index contributed by atoms with van der Waals surface area (Å²) in [4.78, 5) is 26.6. The summed E-state index contributed by atoms with van der Waals surface area (Å²) in [5.41, 5.74) is 3.86. The van der Waals surface area contributed by atoms with E-state index in [1.165, 1.54) is 0 Å². The predicted molar refractivity (Wildman–Crippen MR) is 135 cm³/mol. The van der Waals surface area contributed by atoms with Crippen molar-refractivity contribution in [1.82, 2.24) is 14.9 Å². The van der Waals surface area contributed by atoms with Crippen LogP contribution in [0.4, 0.5) is 5.82 Å². The molecule has 0 spiro atoms. The molecule has 0 saturated carbocycles. The minimum absolute atomic E-state index is 0.0615. The Morgan fingerprint density at radius 2 is 1.55 bits per heavy atom. The number of rotatable bonds is 5. The molecule has 4 rings (SSSR count). The molecule has 0 atom stereocenters. The molecule has 0 unspecified atom stereocenters. The number of aromatic nitrogens is 2. The van der Waals surface area contributed by atoms with Gasteiger partial charge in [-0.2, -0.15) is 0 Å². The fraction of sp³-hybridized carbons (Fsp3) is 0.320. The largest absolute Gasteiger partial charge is 0.353 e. The number of halogens is 3. The lowest BCUT2D eigenvalue weighted by molar-refractivity contribution is 0.0746. The van der Waals surface area contributed by atoms with Crippen LogP contribution in [-0.2, 0) is 12.8 Å². The van der Waals surface area contributed by atoms with Gasteiger partial charge in [-0.1, -0.05) is 53.9 Å². The number of carbonyl (C=O) groups is 1. The zero-order chi connectivity index (χ0) is 23.5. The topological polar surface area (TPSA) is 49.3 Å². The molecule has 0 bridgehead atoms. The minimum Gasteiger partial charge on any atom is -0.353 e. The van der Waals surface area contributed by atoms with Crippen LogP contribution >= 0.6 is 34.8 Å². The van der Waals surface area contributed by atoms with Crippen molar-refractivity contribution in [2.24, 2.45) is 0 Å². The van der Waals surface area contributed by atoms with E-state index in [9.17, 15) is 4.79 Å². The molecule has 0 radical (unpaired) electrons. The normalized spacial score (nSPS) is 14.0. The molecule has 3 aromatic rings. The van der Waals surface area contributed by atoms with Gasteiger partial charge in [-0.15, -0.1) is 0 Å². The lowest BCUT2D eigenvalue weighted by Gasteiger charge is -2.36. The number of aryl methyl sites for hydroxylation is 2. The van der Waals surface area contributed by atoms with Crippen molar-refractivity contribution >= 4 is 46.5 Å². The van der Waals surface area contributed by atoms with Crippen molar-refractivity contribution in [2.45, 2.75) is 26.7 Å². The van der Waals surface area contributed by atoms with Crippen LogP contribution in [0, 0.1) is 6.92 Å². The molecule has 8 heteroatoms. The molecule has 1 saturated heterocycles. The third-order valence-electron chi connectivity index (χ3n) is 5.79. The van der Waals surface area contributed by atoms with Crippen molar-refractivity contribution in [3.63, 3.8) is 0 Å². The lowest BCUT2D eigenvalue weighted by atomic mass is 10.0. The molecule has 33 heavy (non-hydrogen) atoms. The molecule has 1 aromatic heterocycles. The SMILES string of the molecule is CCc1nc(C)nc(N2CCN(C(=O)c3cc(Cl)cc(Cl)c3)CC2)c1Cc1ccc(Cl)cc1. The third-order valence-corrected chi connectivity index (χ3v) is 6.48. The number of benzene rings is 2. The average molecular weight is 504 g/mol. The Hall–Kier alpha value is -2.34. The first kappa shape index (κ1) is 23.8. The number of hydrogen-bond donors (Lipinski definition) is 0. The van der Waals surface area contributed by atoms with E-state index in [2.05, 4.69) is 11.8 Å². The summed E-state index contributed by atoms with van der Waals surface area (Å²) in [6, 6.07) is 12.8. The number of piperazine rings is 1. The molecule has 2 aromatic carbocycles. The Kier molecular flexibility index (Phi) is 7.42. The summed E-state index contributed by atoms with van der Waals surface area (Å²) >= 11 is 18.2. The maximum absolute atomic E-state index is 13.0. The van der Waals surface area contributed by atoms with Crippen molar-refractivity contribution < 1.29 is 4.79 Å². The van der Waals surface area contributed by atoms with E-state index in [1.807, 2.05) is 36.1 Å². The van der Waals surface area contributed by atoms with Gasteiger partial charge in [0.2, 0.25) is 0 Å². The number of carbonyl (C=O) groups excluding carboxylic acids is 1. The van der Waals surface area contributed by atoms with Gasteiger partial charge in [0, 0.05) is 64.5 Å². The van der Waals surface area contributed by atoms with Crippen molar-refractivity contribution in [2.75, 3.05) is 31.1 Å². The van der Waals surface area contributed by atoms with Gasteiger partial charge in [-0.05, 0) is 49.2 Å². The molecule has 0 aliphatic carbocycles. The van der Waals surface area contributed by atoms with Gasteiger partial charge in [-0.3, -0.25) is 4.79 Å². The standard InChI is InChI=1S/C25H25Cl3N4O/c1-3-23-22(12-17-4-6-19(26)7-5-17)24(30-16(2)29-23)31-8-10-32(11-9-31)25(33)18-13-20(27)15-21(28)14-18/h4-7,13-15H,3,8-12H2,1-2H3. The van der Waals surface area contributed by atoms with Gasteiger partial charge in [0.25, 0.3) is 5.91 Å². The second-order valence-corrected chi connectivity index (χ2v) is 9.42. The molecule has 0 N–H and O–H groups in total. The predicted octanol–water partition coefficient (Wildman–Crippen LogP) is 5.86. The molecule has 172 valence electrons. The monoisotopic (exact) mass is 502 g/mol. The Morgan fingerprint density at radius 3 is 2.15 bits per heavy atom. The van der Waals surface area contributed by atoms with E-state index in [1.54, 1.807) is 18.2 Å². The van der Waals surface area contributed by atoms with Crippen LogP contribution in [0.25, 0.3) is 0 Å². The quantitative estimate of drug-likeness (QED) is 0.437. The second kappa shape index (κ2) is 10.3. The minimum atomic E-state index is -0.0615. The van der Waals surface area contributed by atoms with E-state index < -0.39 is 0 Å². The van der Waals surface area contributed by atoms with Gasteiger partial charge < -0.3 is 9.80 Å². The average Bonchev–Trinajstić information content (AvgIpc) is 2.80. The zero-order valence-corrected chi connectivity index (χ0v) is 20.9. The van der Waals surface area contributed by atoms with Gasteiger partial charge in [-0.25, -0.2) is 9.97 Å². The first-order valence-electron chi connectivity index (χ1n) is 10.9. The van der Waals surface area contributed by atoms with E-state index >= 15 is 0 Å². The Bertz CT molecular complexity index is 1140. The van der Waals surface area contributed by atoms with E-state index in [0.29, 0.717) is 41.8 Å². The first-order chi connectivity index (χ1) is 15.8. The molecular formula is C25H25Cl3N4O. The summed E-state index contributed by atoms with van der Waals surface area (Å²) in [6.07, 6.45) is 1.56. The summed E-state index contributed by atoms with van der Waals surface area (Å²) in [5, 5.41) is 1.64. The number of nitrogens with zero attached hydrogens (tertiary/aromatic N) is 4. The maximum Gasteiger partial charge on any atom is 0.254 e. The van der Waals surface area contributed by atoms with Crippen LogP contribution in [0.2, 0.25) is 15.1 Å². The summed E-state index contributed by atoms with van der Waals surface area (Å²) in [6.45, 7) is 6.60. The zero-order valence-electron chi connectivity index (χ0n) is 18.6. The molecular weight excluding hydrogens is 479 g/mol. The molecule has 2 heterocycles. The van der Waals surface area contributed by atoms with Crippen molar-refractivity contribution in [3.8, 4) is 0 Å². The fourth-order valence-corrected chi connectivity index (χ4v) is 4.81. The number of amides is 1. The van der Waals surface area contributed by atoms with Crippen molar-refractivity contribution in [1.29, 1.82) is 0 Å². The van der Waals surface area contributed by atoms with E-state index in [0.717, 1.165) is 46.3 Å². The molecule has 1 amide bonds. The Balaban J connectivity index is 1.55. The molecule has 1 fully saturated rings.